The van der Waals surface area contributed by atoms with Crippen molar-refractivity contribution < 1.29 is 9.21 Å². The number of carbonyl (C=O) groups is 1. The predicted octanol–water partition coefficient (Wildman–Crippen LogP) is 2.98. The minimum absolute atomic E-state index is 0.0740. The lowest BCUT2D eigenvalue weighted by Gasteiger charge is -2.03. The van der Waals surface area contributed by atoms with Gasteiger partial charge in [0.25, 0.3) is 0 Å². The second-order valence-corrected chi connectivity index (χ2v) is 4.07. The maximum Gasteiger partial charge on any atom is 0.235 e. The van der Waals surface area contributed by atoms with Gasteiger partial charge in [-0.05, 0) is 12.1 Å². The number of benzene rings is 1. The van der Waals surface area contributed by atoms with Crippen LogP contribution in [0.4, 0.5) is 5.69 Å². The van der Waals surface area contributed by atoms with Gasteiger partial charge in [-0.2, -0.15) is 0 Å². The van der Waals surface area contributed by atoms with E-state index in [4.69, 9.17) is 4.42 Å². The molecule has 1 N–H and O–H groups in total. The molecular weight excluding hydrogens is 284 g/mol. The zero-order valence-corrected chi connectivity index (χ0v) is 10.8. The fraction of sp³-hybridized carbons (Fsp3) is 0.167. The molecule has 0 saturated heterocycles. The van der Waals surface area contributed by atoms with Crippen LogP contribution in [0.2, 0.25) is 0 Å². The minimum Gasteiger partial charge on any atom is -0.449 e. The number of nitrogens with one attached hydrogen (secondary N) is 1. The maximum atomic E-state index is 11.2. The topological polar surface area (TPSA) is 55.1 Å². The Balaban J connectivity index is 2.15. The van der Waals surface area contributed by atoms with Crippen molar-refractivity contribution in [1.82, 2.24) is 4.98 Å². The molecule has 5 heteroatoms. The summed E-state index contributed by atoms with van der Waals surface area (Å²) in [5, 5.41) is 3.03. The summed E-state index contributed by atoms with van der Waals surface area (Å²) in [5.41, 5.74) is 2.51. The summed E-state index contributed by atoms with van der Waals surface area (Å²) in [6, 6.07) is 7.45. The third kappa shape index (κ3) is 2.94. The van der Waals surface area contributed by atoms with Crippen molar-refractivity contribution in [3.8, 4) is 11.3 Å². The summed E-state index contributed by atoms with van der Waals surface area (Å²) in [6.45, 7) is 1.80. The van der Waals surface area contributed by atoms with E-state index in [-0.39, 0.29) is 11.2 Å². The van der Waals surface area contributed by atoms with Gasteiger partial charge < -0.3 is 9.73 Å². The summed E-state index contributed by atoms with van der Waals surface area (Å²) in [6.07, 6.45) is 1.61. The highest BCUT2D eigenvalue weighted by molar-refractivity contribution is 9.09. The predicted molar refractivity (Wildman–Crippen MR) is 69.1 cm³/mol. The molecule has 0 bridgehead atoms. The van der Waals surface area contributed by atoms with E-state index in [1.165, 1.54) is 0 Å². The van der Waals surface area contributed by atoms with Gasteiger partial charge in [0, 0.05) is 18.2 Å². The molecule has 88 valence electrons. The molecule has 0 spiro atoms. The lowest BCUT2D eigenvalue weighted by Crippen LogP contribution is -2.11. The molecule has 0 saturated carbocycles. The van der Waals surface area contributed by atoms with Crippen molar-refractivity contribution in [2.45, 2.75) is 6.92 Å². The van der Waals surface area contributed by atoms with Crippen molar-refractivity contribution in [1.29, 1.82) is 0 Å². The van der Waals surface area contributed by atoms with Crippen LogP contribution in [0.1, 0.15) is 5.89 Å². The molecule has 1 heterocycles. The first kappa shape index (κ1) is 11.9. The van der Waals surface area contributed by atoms with E-state index in [1.54, 1.807) is 13.2 Å². The number of aromatic nitrogens is 1. The summed E-state index contributed by atoms with van der Waals surface area (Å²) < 4.78 is 5.14. The van der Waals surface area contributed by atoms with Gasteiger partial charge >= 0.3 is 0 Å². The largest absolute Gasteiger partial charge is 0.449 e. The highest BCUT2D eigenvalue weighted by atomic mass is 79.9. The normalized spacial score (nSPS) is 10.2. The fourth-order valence-electron chi connectivity index (χ4n) is 1.41. The van der Waals surface area contributed by atoms with Gasteiger partial charge in [0.05, 0.1) is 5.33 Å². The molecule has 1 aromatic carbocycles. The fourth-order valence-corrected chi connectivity index (χ4v) is 1.55. The maximum absolute atomic E-state index is 11.2. The van der Waals surface area contributed by atoms with Crippen molar-refractivity contribution in [3.05, 3.63) is 36.4 Å². The Kier molecular flexibility index (Phi) is 3.58. The molecule has 0 aliphatic heterocycles. The minimum atomic E-state index is -0.0740. The van der Waals surface area contributed by atoms with E-state index in [0.717, 1.165) is 16.9 Å². The number of alkyl halides is 1. The molecule has 2 rings (SSSR count). The van der Waals surface area contributed by atoms with Crippen LogP contribution >= 0.6 is 15.9 Å². The number of aryl methyl sites for hydroxylation is 1. The Morgan fingerprint density at radius 1 is 1.41 bits per heavy atom. The highest BCUT2D eigenvalue weighted by Crippen LogP contribution is 2.20. The van der Waals surface area contributed by atoms with Gasteiger partial charge in [-0.1, -0.05) is 28.1 Å². The average molecular weight is 295 g/mol. The first-order valence-corrected chi connectivity index (χ1v) is 6.19. The van der Waals surface area contributed by atoms with Crippen molar-refractivity contribution in [2.75, 3.05) is 10.6 Å². The molecule has 1 aromatic heterocycles. The number of hydrogen-bond donors (Lipinski definition) is 1. The Bertz CT molecular complexity index is 520. The first-order chi connectivity index (χ1) is 8.19. The van der Waals surface area contributed by atoms with Crippen molar-refractivity contribution >= 4 is 27.5 Å². The first-order valence-electron chi connectivity index (χ1n) is 5.07. The van der Waals surface area contributed by atoms with Gasteiger partial charge in [0.1, 0.15) is 12.0 Å². The molecule has 0 aliphatic carbocycles. The van der Waals surface area contributed by atoms with E-state index in [9.17, 15) is 4.79 Å². The Morgan fingerprint density at radius 2 is 2.12 bits per heavy atom. The van der Waals surface area contributed by atoms with Crippen LogP contribution < -0.4 is 5.32 Å². The van der Waals surface area contributed by atoms with Crippen LogP contribution in [-0.2, 0) is 4.79 Å². The number of nitrogens with zero attached hydrogens (tertiary/aromatic N) is 1. The number of amides is 1. The Hall–Kier alpha value is -1.62. The monoisotopic (exact) mass is 294 g/mol. The van der Waals surface area contributed by atoms with E-state index in [2.05, 4.69) is 26.2 Å². The molecule has 4 nitrogen and oxygen atoms in total. The lowest BCUT2D eigenvalue weighted by molar-refractivity contribution is -0.113. The Labute approximate surface area is 107 Å². The third-order valence-corrected chi connectivity index (χ3v) is 2.71. The standard InChI is InChI=1S/C12H11BrN2O2/c1-8-14-11(7-17-8)9-2-4-10(5-3-9)15-12(16)6-13/h2-5,7H,6H2,1H3,(H,15,16). The van der Waals surface area contributed by atoms with Gasteiger partial charge in [-0.3, -0.25) is 4.79 Å². The molecular formula is C12H11BrN2O2. The quantitative estimate of drug-likeness (QED) is 0.886. The molecule has 0 unspecified atom stereocenters. The van der Waals surface area contributed by atoms with Crippen LogP contribution in [0.25, 0.3) is 11.3 Å². The second-order valence-electron chi connectivity index (χ2n) is 3.51. The number of rotatable bonds is 3. The summed E-state index contributed by atoms with van der Waals surface area (Å²) >= 11 is 3.09. The Morgan fingerprint density at radius 3 is 2.65 bits per heavy atom. The van der Waals surface area contributed by atoms with E-state index in [0.29, 0.717) is 5.89 Å². The summed E-state index contributed by atoms with van der Waals surface area (Å²) in [7, 11) is 0. The van der Waals surface area contributed by atoms with Crippen LogP contribution in [-0.4, -0.2) is 16.2 Å². The van der Waals surface area contributed by atoms with Crippen LogP contribution in [0.15, 0.2) is 34.9 Å². The molecule has 2 aromatic rings. The SMILES string of the molecule is Cc1nc(-c2ccc(NC(=O)CBr)cc2)co1. The number of hydrogen-bond acceptors (Lipinski definition) is 3. The zero-order chi connectivity index (χ0) is 12.3. The average Bonchev–Trinajstić information content (AvgIpc) is 2.77. The summed E-state index contributed by atoms with van der Waals surface area (Å²) in [4.78, 5) is 15.4. The third-order valence-electron chi connectivity index (χ3n) is 2.20. The molecule has 1 amide bonds. The molecule has 0 atom stereocenters. The molecule has 17 heavy (non-hydrogen) atoms. The van der Waals surface area contributed by atoms with Gasteiger partial charge in [0.15, 0.2) is 5.89 Å². The van der Waals surface area contributed by atoms with E-state index < -0.39 is 0 Å². The lowest BCUT2D eigenvalue weighted by atomic mass is 10.1. The van der Waals surface area contributed by atoms with Gasteiger partial charge in [0.2, 0.25) is 5.91 Å². The highest BCUT2D eigenvalue weighted by Gasteiger charge is 2.04. The van der Waals surface area contributed by atoms with Gasteiger partial charge in [-0.15, -0.1) is 0 Å². The number of carbonyl (C=O) groups excluding carboxylic acids is 1. The molecule has 0 aliphatic rings. The number of oxazole rings is 1. The molecule has 0 fully saturated rings. The molecule has 0 radical (unpaired) electrons. The van der Waals surface area contributed by atoms with Crippen LogP contribution in [0.3, 0.4) is 0 Å². The van der Waals surface area contributed by atoms with E-state index in [1.807, 2.05) is 24.3 Å². The number of anilines is 1. The summed E-state index contributed by atoms with van der Waals surface area (Å²) in [5.74, 6) is 0.562. The number of halogens is 1. The van der Waals surface area contributed by atoms with Crippen LogP contribution in [0.5, 0.6) is 0 Å². The van der Waals surface area contributed by atoms with Gasteiger partial charge in [-0.25, -0.2) is 4.98 Å². The second kappa shape index (κ2) is 5.14. The van der Waals surface area contributed by atoms with E-state index >= 15 is 0 Å². The zero-order valence-electron chi connectivity index (χ0n) is 9.24. The van der Waals surface area contributed by atoms with Crippen LogP contribution in [0, 0.1) is 6.92 Å². The smallest absolute Gasteiger partial charge is 0.235 e. The van der Waals surface area contributed by atoms with Crippen molar-refractivity contribution in [3.63, 3.8) is 0 Å². The van der Waals surface area contributed by atoms with Crippen molar-refractivity contribution in [2.24, 2.45) is 0 Å².